The zero-order valence-corrected chi connectivity index (χ0v) is 5.84. The first-order chi connectivity index (χ1) is 4.77. The van der Waals surface area contributed by atoms with Crippen molar-refractivity contribution in [2.45, 2.75) is 37.8 Å². The number of hydrogen-bond donors (Lipinski definition) is 1. The maximum absolute atomic E-state index is 9.83. The van der Waals surface area contributed by atoms with Gasteiger partial charge < -0.3 is 5.11 Å². The molecule has 3 heteroatoms. The Hall–Kier alpha value is -0.660. The molecule has 1 aliphatic carbocycles. The van der Waals surface area contributed by atoms with E-state index in [0.717, 1.165) is 19.3 Å². The molecule has 10 heavy (non-hydrogen) atoms. The molecular weight excluding hydrogens is 130 g/mol. The third kappa shape index (κ3) is 1.66. The second kappa shape index (κ2) is 2.95. The molecule has 1 saturated carbocycles. The lowest BCUT2D eigenvalue weighted by atomic mass is 9.92. The fraction of sp³-hybridized carbons (Fsp3) is 0.857. The number of aliphatic hydroxyl groups is 1. The van der Waals surface area contributed by atoms with Crippen LogP contribution in [0.2, 0.25) is 0 Å². The molecule has 0 radical (unpaired) electrons. The zero-order valence-electron chi connectivity index (χ0n) is 5.84. The van der Waals surface area contributed by atoms with E-state index in [0.29, 0.717) is 12.8 Å². The molecule has 0 bridgehead atoms. The van der Waals surface area contributed by atoms with Gasteiger partial charge in [0.1, 0.15) is 0 Å². The van der Waals surface area contributed by atoms with Gasteiger partial charge in [-0.3, -0.25) is 0 Å². The standard InChI is InChI=1S/C7H11NO2/c9-6-8-7(10)4-2-1-3-5-7/h10H,1-5H2. The third-order valence-corrected chi connectivity index (χ3v) is 1.91. The molecule has 0 amide bonds. The van der Waals surface area contributed by atoms with E-state index < -0.39 is 5.72 Å². The van der Waals surface area contributed by atoms with Gasteiger partial charge in [0.15, 0.2) is 5.72 Å². The van der Waals surface area contributed by atoms with E-state index in [1.165, 1.54) is 6.08 Å². The molecule has 1 aliphatic rings. The summed E-state index contributed by atoms with van der Waals surface area (Å²) in [6.07, 6.45) is 5.69. The summed E-state index contributed by atoms with van der Waals surface area (Å²) in [5.74, 6) is 0. The predicted molar refractivity (Wildman–Crippen MR) is 36.2 cm³/mol. The van der Waals surface area contributed by atoms with Gasteiger partial charge in [0.05, 0.1) is 0 Å². The van der Waals surface area contributed by atoms with E-state index in [2.05, 4.69) is 4.99 Å². The lowest BCUT2D eigenvalue weighted by Gasteiger charge is -2.25. The molecule has 0 aromatic heterocycles. The highest BCUT2D eigenvalue weighted by Crippen LogP contribution is 2.28. The van der Waals surface area contributed by atoms with Crippen LogP contribution in [0.25, 0.3) is 0 Å². The first-order valence-electron chi connectivity index (χ1n) is 3.58. The Morgan fingerprint density at radius 2 is 1.90 bits per heavy atom. The van der Waals surface area contributed by atoms with Gasteiger partial charge in [-0.1, -0.05) is 6.42 Å². The van der Waals surface area contributed by atoms with Crippen LogP contribution in [0, 0.1) is 0 Å². The molecule has 0 unspecified atom stereocenters. The molecule has 1 fully saturated rings. The highest BCUT2D eigenvalue weighted by Gasteiger charge is 2.27. The van der Waals surface area contributed by atoms with Crippen molar-refractivity contribution in [3.63, 3.8) is 0 Å². The monoisotopic (exact) mass is 141 g/mol. The van der Waals surface area contributed by atoms with Gasteiger partial charge in [-0.05, 0) is 25.7 Å². The Labute approximate surface area is 59.8 Å². The number of carbonyl (C=O) groups excluding carboxylic acids is 1. The van der Waals surface area contributed by atoms with E-state index in [1.807, 2.05) is 0 Å². The number of nitrogens with zero attached hydrogens (tertiary/aromatic N) is 1. The molecule has 0 saturated heterocycles. The van der Waals surface area contributed by atoms with Gasteiger partial charge >= 0.3 is 0 Å². The number of hydrogen-bond acceptors (Lipinski definition) is 3. The summed E-state index contributed by atoms with van der Waals surface area (Å²) in [5, 5.41) is 9.44. The molecular formula is C7H11NO2. The average molecular weight is 141 g/mol. The number of isocyanates is 1. The highest BCUT2D eigenvalue weighted by atomic mass is 16.3. The zero-order chi connectivity index (χ0) is 7.45. The molecule has 1 rings (SSSR count). The minimum absolute atomic E-state index is 0.613. The third-order valence-electron chi connectivity index (χ3n) is 1.91. The van der Waals surface area contributed by atoms with Crippen molar-refractivity contribution in [2.75, 3.05) is 0 Å². The van der Waals surface area contributed by atoms with Gasteiger partial charge in [0.2, 0.25) is 6.08 Å². The maximum Gasteiger partial charge on any atom is 0.237 e. The van der Waals surface area contributed by atoms with Gasteiger partial charge in [0, 0.05) is 0 Å². The van der Waals surface area contributed by atoms with Crippen LogP contribution < -0.4 is 0 Å². The molecule has 0 atom stereocenters. The Balaban J connectivity index is 2.56. The molecule has 1 N–H and O–H groups in total. The van der Waals surface area contributed by atoms with E-state index in [9.17, 15) is 9.90 Å². The topological polar surface area (TPSA) is 49.7 Å². The number of rotatable bonds is 1. The van der Waals surface area contributed by atoms with Crippen molar-refractivity contribution in [3.8, 4) is 0 Å². The van der Waals surface area contributed by atoms with Crippen LogP contribution in [0.4, 0.5) is 0 Å². The van der Waals surface area contributed by atoms with Crippen molar-refractivity contribution in [2.24, 2.45) is 4.99 Å². The normalized spacial score (nSPS) is 23.3. The van der Waals surface area contributed by atoms with Crippen molar-refractivity contribution < 1.29 is 9.90 Å². The summed E-state index contributed by atoms with van der Waals surface area (Å²) in [7, 11) is 0. The molecule has 3 nitrogen and oxygen atoms in total. The van der Waals surface area contributed by atoms with Crippen LogP contribution in [0.3, 0.4) is 0 Å². The molecule has 0 aromatic carbocycles. The van der Waals surface area contributed by atoms with E-state index in [4.69, 9.17) is 0 Å². The molecule has 0 aromatic rings. The minimum atomic E-state index is -1.07. The maximum atomic E-state index is 9.83. The van der Waals surface area contributed by atoms with Crippen molar-refractivity contribution >= 4 is 6.08 Å². The molecule has 56 valence electrons. The second-order valence-electron chi connectivity index (χ2n) is 2.75. The summed E-state index contributed by atoms with van der Waals surface area (Å²) >= 11 is 0. The van der Waals surface area contributed by atoms with Crippen LogP contribution in [0.5, 0.6) is 0 Å². The Bertz CT molecular complexity index is 155. The van der Waals surface area contributed by atoms with Crippen LogP contribution in [0.15, 0.2) is 4.99 Å². The van der Waals surface area contributed by atoms with Crippen LogP contribution >= 0.6 is 0 Å². The smallest absolute Gasteiger partial charge is 0.237 e. The Kier molecular flexibility index (Phi) is 2.20. The van der Waals surface area contributed by atoms with Crippen LogP contribution in [-0.2, 0) is 4.79 Å². The van der Waals surface area contributed by atoms with E-state index in [1.54, 1.807) is 0 Å². The van der Waals surface area contributed by atoms with Gasteiger partial charge in [-0.15, -0.1) is 0 Å². The minimum Gasteiger partial charge on any atom is -0.368 e. The van der Waals surface area contributed by atoms with Crippen LogP contribution in [-0.4, -0.2) is 16.9 Å². The summed E-state index contributed by atoms with van der Waals surface area (Å²) in [6, 6.07) is 0. The first kappa shape index (κ1) is 7.45. The van der Waals surface area contributed by atoms with E-state index in [-0.39, 0.29) is 0 Å². The van der Waals surface area contributed by atoms with E-state index >= 15 is 0 Å². The predicted octanol–water partition coefficient (Wildman–Crippen LogP) is 0.975. The summed E-state index contributed by atoms with van der Waals surface area (Å²) in [6.45, 7) is 0. The quantitative estimate of drug-likeness (QED) is 0.437. The number of aliphatic imine (C=N–C) groups is 1. The second-order valence-corrected chi connectivity index (χ2v) is 2.75. The molecule has 0 heterocycles. The summed E-state index contributed by atoms with van der Waals surface area (Å²) < 4.78 is 0. The fourth-order valence-corrected chi connectivity index (χ4v) is 1.31. The lowest BCUT2D eigenvalue weighted by molar-refractivity contribution is 0.0130. The highest BCUT2D eigenvalue weighted by molar-refractivity contribution is 5.34. The Morgan fingerprint density at radius 1 is 1.30 bits per heavy atom. The largest absolute Gasteiger partial charge is 0.368 e. The SMILES string of the molecule is O=C=NC1(O)CCCCC1. The molecule has 0 spiro atoms. The van der Waals surface area contributed by atoms with Crippen molar-refractivity contribution in [3.05, 3.63) is 0 Å². The lowest BCUT2D eigenvalue weighted by Crippen LogP contribution is -2.28. The van der Waals surface area contributed by atoms with Gasteiger partial charge in [-0.2, -0.15) is 4.99 Å². The average Bonchev–Trinajstić information content (AvgIpc) is 1.89. The summed E-state index contributed by atoms with van der Waals surface area (Å²) in [4.78, 5) is 13.2. The summed E-state index contributed by atoms with van der Waals surface area (Å²) in [5.41, 5.74) is -1.07. The van der Waals surface area contributed by atoms with Crippen molar-refractivity contribution in [1.29, 1.82) is 0 Å². The Morgan fingerprint density at radius 3 is 2.40 bits per heavy atom. The van der Waals surface area contributed by atoms with Gasteiger partial charge in [-0.25, -0.2) is 4.79 Å². The fourth-order valence-electron chi connectivity index (χ4n) is 1.31. The van der Waals surface area contributed by atoms with Gasteiger partial charge in [0.25, 0.3) is 0 Å². The first-order valence-corrected chi connectivity index (χ1v) is 3.58. The van der Waals surface area contributed by atoms with Crippen molar-refractivity contribution in [1.82, 2.24) is 0 Å². The molecule has 0 aliphatic heterocycles. The van der Waals surface area contributed by atoms with Crippen LogP contribution in [0.1, 0.15) is 32.1 Å².